The third kappa shape index (κ3) is 5.26. The number of hydrogen-bond acceptors (Lipinski definition) is 5. The summed E-state index contributed by atoms with van der Waals surface area (Å²) in [7, 11) is 1.33. The summed E-state index contributed by atoms with van der Waals surface area (Å²) in [5, 5.41) is 13.3. The monoisotopic (exact) mass is 452 g/mol. The Labute approximate surface area is 193 Å². The van der Waals surface area contributed by atoms with E-state index in [1.54, 1.807) is 24.3 Å². The second-order valence-electron chi connectivity index (χ2n) is 10.1. The number of aromatic nitrogens is 1. The van der Waals surface area contributed by atoms with Gasteiger partial charge in [-0.3, -0.25) is 9.59 Å². The van der Waals surface area contributed by atoms with Gasteiger partial charge in [0.05, 0.1) is 0 Å². The quantitative estimate of drug-likeness (QED) is 0.488. The number of ether oxygens (including phenoxy) is 2. The zero-order valence-electron chi connectivity index (χ0n) is 20.2. The van der Waals surface area contributed by atoms with Crippen molar-refractivity contribution >= 4 is 22.5 Å². The lowest BCUT2D eigenvalue weighted by Crippen LogP contribution is -2.26. The molecule has 7 nitrogen and oxygen atoms in total. The molecule has 1 atom stereocenters. The fourth-order valence-corrected chi connectivity index (χ4v) is 3.67. The van der Waals surface area contributed by atoms with E-state index in [1.807, 2.05) is 53.7 Å². The van der Waals surface area contributed by atoms with Crippen molar-refractivity contribution in [3.05, 3.63) is 69.5 Å². The Morgan fingerprint density at radius 3 is 2.27 bits per heavy atom. The lowest BCUT2D eigenvalue weighted by atomic mass is 9.79. The first-order valence-electron chi connectivity index (χ1n) is 10.8. The van der Waals surface area contributed by atoms with Gasteiger partial charge in [-0.15, -0.1) is 0 Å². The van der Waals surface area contributed by atoms with E-state index in [0.29, 0.717) is 22.3 Å². The molecule has 1 amide bonds. The van der Waals surface area contributed by atoms with Gasteiger partial charge in [-0.1, -0.05) is 53.7 Å². The van der Waals surface area contributed by atoms with Crippen LogP contribution in [0.15, 0.2) is 47.4 Å². The molecule has 3 aromatic rings. The number of para-hydroxylation sites is 1. The minimum Gasteiger partial charge on any atom is -0.441 e. The third-order valence-corrected chi connectivity index (χ3v) is 5.45. The van der Waals surface area contributed by atoms with Gasteiger partial charge in [-0.25, -0.2) is 0 Å². The predicted molar refractivity (Wildman–Crippen MR) is 130 cm³/mol. The number of anilines is 1. The highest BCUT2D eigenvalue weighted by molar-refractivity contribution is 6.06. The van der Waals surface area contributed by atoms with Crippen molar-refractivity contribution in [3.63, 3.8) is 0 Å². The molecule has 0 aliphatic carbocycles. The van der Waals surface area contributed by atoms with Crippen molar-refractivity contribution < 1.29 is 19.4 Å². The van der Waals surface area contributed by atoms with Crippen molar-refractivity contribution in [3.8, 4) is 5.75 Å². The first-order chi connectivity index (χ1) is 15.3. The molecule has 2 aromatic carbocycles. The maximum absolute atomic E-state index is 13.2. The van der Waals surface area contributed by atoms with E-state index in [4.69, 9.17) is 9.47 Å². The Morgan fingerprint density at radius 1 is 1.03 bits per heavy atom. The number of fused-ring (bicyclic) bond motifs is 1. The average molecular weight is 453 g/mol. The van der Waals surface area contributed by atoms with Gasteiger partial charge in [-0.2, -0.15) is 0 Å². The van der Waals surface area contributed by atoms with E-state index in [1.165, 1.54) is 13.3 Å². The van der Waals surface area contributed by atoms with Crippen molar-refractivity contribution in [2.24, 2.45) is 0 Å². The molecule has 176 valence electrons. The number of pyridine rings is 1. The Kier molecular flexibility index (Phi) is 6.68. The Balaban J connectivity index is 2.13. The van der Waals surface area contributed by atoms with Crippen LogP contribution in [0.2, 0.25) is 0 Å². The standard InChI is InChI=1S/C26H32N2O5/c1-25(2,3)17-12-18(26(4,5)6)21(33-24(31)32-7)13-20(17)28-23(30)16-14-27-19-11-9-8-10-15(19)22(16)29/h8-14,24,31H,1-7H3,(H,27,29)(H,28,30). The van der Waals surface area contributed by atoms with Crippen LogP contribution in [-0.2, 0) is 15.6 Å². The number of benzene rings is 2. The van der Waals surface area contributed by atoms with Crippen LogP contribution in [0.3, 0.4) is 0 Å². The SMILES string of the molecule is COC(O)Oc1cc(NC(=O)c2c[nH]c3ccccc3c2=O)c(C(C)(C)C)cc1C(C)(C)C. The fourth-order valence-electron chi connectivity index (χ4n) is 3.67. The smallest absolute Gasteiger partial charge is 0.313 e. The number of H-pyrrole nitrogens is 1. The average Bonchev–Trinajstić information content (AvgIpc) is 2.72. The van der Waals surface area contributed by atoms with Gasteiger partial charge in [0.25, 0.3) is 5.91 Å². The van der Waals surface area contributed by atoms with E-state index < -0.39 is 12.4 Å². The minimum absolute atomic E-state index is 0.00727. The first kappa shape index (κ1) is 24.5. The number of aliphatic hydroxyl groups is 1. The number of rotatable bonds is 5. The highest BCUT2D eigenvalue weighted by atomic mass is 16.8. The Morgan fingerprint density at radius 2 is 1.67 bits per heavy atom. The lowest BCUT2D eigenvalue weighted by molar-refractivity contribution is -0.200. The van der Waals surface area contributed by atoms with Gasteiger partial charge < -0.3 is 24.9 Å². The summed E-state index contributed by atoms with van der Waals surface area (Å²) >= 11 is 0. The van der Waals surface area contributed by atoms with Gasteiger partial charge >= 0.3 is 6.48 Å². The van der Waals surface area contributed by atoms with Crippen LogP contribution in [0.1, 0.15) is 63.0 Å². The third-order valence-electron chi connectivity index (χ3n) is 5.45. The van der Waals surface area contributed by atoms with Gasteiger partial charge in [-0.05, 0) is 34.6 Å². The number of carbonyl (C=O) groups is 1. The molecule has 0 fully saturated rings. The largest absolute Gasteiger partial charge is 0.441 e. The number of amides is 1. The molecule has 3 rings (SSSR count). The number of aromatic amines is 1. The Bertz CT molecular complexity index is 1230. The highest BCUT2D eigenvalue weighted by Crippen LogP contribution is 2.40. The maximum atomic E-state index is 13.2. The lowest BCUT2D eigenvalue weighted by Gasteiger charge is -2.30. The normalized spacial score (nSPS) is 13.1. The van der Waals surface area contributed by atoms with Crippen LogP contribution in [0.25, 0.3) is 10.9 Å². The number of methoxy groups -OCH3 is 1. The van der Waals surface area contributed by atoms with Crippen molar-refractivity contribution in [1.82, 2.24) is 4.98 Å². The molecule has 0 saturated heterocycles. The number of nitrogens with one attached hydrogen (secondary N) is 2. The van der Waals surface area contributed by atoms with E-state index in [-0.39, 0.29) is 21.8 Å². The zero-order chi connectivity index (χ0) is 24.6. The van der Waals surface area contributed by atoms with E-state index in [2.05, 4.69) is 10.3 Å². The summed E-state index contributed by atoms with van der Waals surface area (Å²) in [5.74, 6) is -0.151. The molecule has 1 unspecified atom stereocenters. The number of aliphatic hydroxyl groups excluding tert-OH is 1. The van der Waals surface area contributed by atoms with Crippen LogP contribution in [-0.4, -0.2) is 29.6 Å². The first-order valence-corrected chi connectivity index (χ1v) is 10.8. The van der Waals surface area contributed by atoms with Crippen LogP contribution in [0.4, 0.5) is 5.69 Å². The summed E-state index contributed by atoms with van der Waals surface area (Å²) in [4.78, 5) is 29.1. The molecule has 7 heteroatoms. The topological polar surface area (TPSA) is 101 Å². The maximum Gasteiger partial charge on any atom is 0.313 e. The number of carbonyl (C=O) groups excluding carboxylic acids is 1. The van der Waals surface area contributed by atoms with Gasteiger partial charge in [0.1, 0.15) is 11.3 Å². The molecule has 33 heavy (non-hydrogen) atoms. The second-order valence-corrected chi connectivity index (χ2v) is 10.1. The van der Waals surface area contributed by atoms with Crippen molar-refractivity contribution in [1.29, 1.82) is 0 Å². The Hall–Kier alpha value is -3.16. The number of hydrogen-bond donors (Lipinski definition) is 3. The summed E-state index contributed by atoms with van der Waals surface area (Å²) in [6.45, 7) is 10.8. The zero-order valence-corrected chi connectivity index (χ0v) is 20.2. The van der Waals surface area contributed by atoms with Gasteiger partial charge in [0.2, 0.25) is 5.43 Å². The fraction of sp³-hybridized carbons (Fsp3) is 0.385. The second kappa shape index (κ2) is 9.00. The molecule has 0 saturated carbocycles. The molecule has 0 aliphatic heterocycles. The van der Waals surface area contributed by atoms with Crippen molar-refractivity contribution in [2.45, 2.75) is 58.8 Å². The van der Waals surface area contributed by atoms with Crippen molar-refractivity contribution in [2.75, 3.05) is 12.4 Å². The van der Waals surface area contributed by atoms with Crippen LogP contribution < -0.4 is 15.5 Å². The molecular weight excluding hydrogens is 420 g/mol. The predicted octanol–water partition coefficient (Wildman–Crippen LogP) is 4.68. The molecule has 3 N–H and O–H groups in total. The van der Waals surface area contributed by atoms with Crippen LogP contribution in [0, 0.1) is 0 Å². The molecular formula is C26H32N2O5. The van der Waals surface area contributed by atoms with Gasteiger partial charge in [0, 0.05) is 41.5 Å². The summed E-state index contributed by atoms with van der Waals surface area (Å²) < 4.78 is 10.5. The molecule has 1 aromatic heterocycles. The molecule has 0 bridgehead atoms. The van der Waals surface area contributed by atoms with Gasteiger partial charge in [0.15, 0.2) is 0 Å². The summed E-state index contributed by atoms with van der Waals surface area (Å²) in [6.07, 6.45) is 1.42. The molecule has 0 aliphatic rings. The molecule has 0 spiro atoms. The summed E-state index contributed by atoms with van der Waals surface area (Å²) in [6, 6.07) is 10.7. The highest BCUT2D eigenvalue weighted by Gasteiger charge is 2.28. The van der Waals surface area contributed by atoms with Crippen LogP contribution >= 0.6 is 0 Å². The van der Waals surface area contributed by atoms with E-state index in [9.17, 15) is 14.7 Å². The van der Waals surface area contributed by atoms with E-state index in [0.717, 1.165) is 11.1 Å². The van der Waals surface area contributed by atoms with Crippen LogP contribution in [0.5, 0.6) is 5.75 Å². The minimum atomic E-state index is -1.46. The molecule has 1 heterocycles. The summed E-state index contributed by atoms with van der Waals surface area (Å²) in [5.41, 5.74) is 1.91. The molecule has 0 radical (unpaired) electrons. The van der Waals surface area contributed by atoms with E-state index >= 15 is 0 Å².